The third-order valence-corrected chi connectivity index (χ3v) is 5.00. The Bertz CT molecular complexity index is 265. The van der Waals surface area contributed by atoms with Gasteiger partial charge in [-0.15, -0.1) is 0 Å². The smallest absolute Gasteiger partial charge is 0.213 e. The van der Waals surface area contributed by atoms with Crippen LogP contribution in [0.5, 0.6) is 0 Å². The van der Waals surface area contributed by atoms with Gasteiger partial charge < -0.3 is 4.74 Å². The van der Waals surface area contributed by atoms with Crippen molar-refractivity contribution in [3.63, 3.8) is 0 Å². The van der Waals surface area contributed by atoms with E-state index in [2.05, 4.69) is 34.5 Å². The zero-order chi connectivity index (χ0) is 12.6. The molecule has 0 saturated heterocycles. The molecule has 0 radical (unpaired) electrons. The molecule has 0 aromatic rings. The molecule has 4 nitrogen and oxygen atoms in total. The molecule has 1 unspecified atom stereocenters. The average molecular weight is 316 g/mol. The van der Waals surface area contributed by atoms with Crippen LogP contribution in [0.15, 0.2) is 0 Å². The molecule has 0 saturated carbocycles. The van der Waals surface area contributed by atoms with Gasteiger partial charge in [0.2, 0.25) is 10.0 Å². The lowest BCUT2D eigenvalue weighted by molar-refractivity contribution is 0.217. The Hall–Kier alpha value is 0.350. The number of ether oxygens (including phenoxy) is 1. The predicted octanol–water partition coefficient (Wildman–Crippen LogP) is 1.75. The van der Waals surface area contributed by atoms with Crippen molar-refractivity contribution in [2.45, 2.75) is 31.5 Å². The van der Waals surface area contributed by atoms with Crippen LogP contribution >= 0.6 is 15.9 Å². The molecular weight excluding hydrogens is 294 g/mol. The first-order chi connectivity index (χ1) is 7.46. The maximum atomic E-state index is 11.5. The number of hydrogen-bond donors (Lipinski definition) is 1. The Balaban J connectivity index is 4.03. The highest BCUT2D eigenvalue weighted by molar-refractivity contribution is 9.09. The summed E-state index contributed by atoms with van der Waals surface area (Å²) < 4.78 is 30.3. The van der Waals surface area contributed by atoms with E-state index in [0.717, 1.165) is 12.8 Å². The summed E-state index contributed by atoms with van der Waals surface area (Å²) >= 11 is 3.53. The summed E-state index contributed by atoms with van der Waals surface area (Å²) in [5.41, 5.74) is 0. The first kappa shape index (κ1) is 16.4. The molecule has 0 rings (SSSR count). The second kappa shape index (κ2) is 8.44. The van der Waals surface area contributed by atoms with Crippen LogP contribution in [0.3, 0.4) is 0 Å². The van der Waals surface area contributed by atoms with Crippen molar-refractivity contribution < 1.29 is 13.2 Å². The van der Waals surface area contributed by atoms with Crippen LogP contribution in [0.1, 0.15) is 26.7 Å². The minimum Gasteiger partial charge on any atom is -0.384 e. The van der Waals surface area contributed by atoms with Crippen LogP contribution in [0, 0.1) is 5.92 Å². The lowest BCUT2D eigenvalue weighted by Crippen LogP contribution is -2.35. The van der Waals surface area contributed by atoms with Gasteiger partial charge in [0.05, 0.1) is 12.4 Å². The molecule has 0 amide bonds. The SMILES string of the molecule is CCC(CC)C(Br)CNS(=O)(=O)CCOC. The topological polar surface area (TPSA) is 55.4 Å². The van der Waals surface area contributed by atoms with Gasteiger partial charge in [-0.25, -0.2) is 13.1 Å². The van der Waals surface area contributed by atoms with Gasteiger partial charge in [-0.2, -0.15) is 0 Å². The number of halogens is 1. The number of alkyl halides is 1. The third-order valence-electron chi connectivity index (χ3n) is 2.61. The second-order valence-electron chi connectivity index (χ2n) is 3.75. The monoisotopic (exact) mass is 315 g/mol. The lowest BCUT2D eigenvalue weighted by Gasteiger charge is -2.19. The summed E-state index contributed by atoms with van der Waals surface area (Å²) in [5.74, 6) is 0.525. The van der Waals surface area contributed by atoms with Gasteiger partial charge >= 0.3 is 0 Å². The average Bonchev–Trinajstić information content (AvgIpc) is 2.25. The van der Waals surface area contributed by atoms with Crippen molar-refractivity contribution >= 4 is 26.0 Å². The highest BCUT2D eigenvalue weighted by atomic mass is 79.9. The maximum absolute atomic E-state index is 11.5. The minimum absolute atomic E-state index is 0.0200. The molecule has 0 aliphatic rings. The Labute approximate surface area is 107 Å². The van der Waals surface area contributed by atoms with E-state index in [4.69, 9.17) is 4.74 Å². The normalized spacial score (nSPS) is 14.3. The zero-order valence-electron chi connectivity index (χ0n) is 10.2. The molecular formula is C10H22BrNO3S. The van der Waals surface area contributed by atoms with Gasteiger partial charge in [0.1, 0.15) is 0 Å². The standard InChI is InChI=1S/C10H22BrNO3S/c1-4-9(5-2)10(11)8-12-16(13,14)7-6-15-3/h9-10,12H,4-8H2,1-3H3. The fraction of sp³-hybridized carbons (Fsp3) is 1.00. The van der Waals surface area contributed by atoms with E-state index in [9.17, 15) is 8.42 Å². The largest absolute Gasteiger partial charge is 0.384 e. The van der Waals surface area contributed by atoms with Crippen LogP contribution in [0.2, 0.25) is 0 Å². The van der Waals surface area contributed by atoms with Crippen molar-refractivity contribution in [2.75, 3.05) is 26.0 Å². The number of nitrogens with one attached hydrogen (secondary N) is 1. The van der Waals surface area contributed by atoms with E-state index in [1.807, 2.05) is 0 Å². The number of hydrogen-bond acceptors (Lipinski definition) is 3. The Kier molecular flexibility index (Phi) is 8.63. The first-order valence-electron chi connectivity index (χ1n) is 5.57. The van der Waals surface area contributed by atoms with Gasteiger partial charge in [0, 0.05) is 18.5 Å². The first-order valence-corrected chi connectivity index (χ1v) is 8.14. The predicted molar refractivity (Wildman–Crippen MR) is 70.5 cm³/mol. The molecule has 16 heavy (non-hydrogen) atoms. The summed E-state index contributed by atoms with van der Waals surface area (Å²) in [7, 11) is -1.70. The van der Waals surface area contributed by atoms with Crippen LogP contribution in [-0.2, 0) is 14.8 Å². The van der Waals surface area contributed by atoms with E-state index in [0.29, 0.717) is 12.5 Å². The summed E-state index contributed by atoms with van der Waals surface area (Å²) in [6.07, 6.45) is 2.10. The van der Waals surface area contributed by atoms with Gasteiger partial charge in [-0.3, -0.25) is 0 Å². The Morgan fingerprint density at radius 3 is 2.31 bits per heavy atom. The number of methoxy groups -OCH3 is 1. The fourth-order valence-electron chi connectivity index (χ4n) is 1.44. The molecule has 0 spiro atoms. The quantitative estimate of drug-likeness (QED) is 0.659. The van der Waals surface area contributed by atoms with E-state index in [1.54, 1.807) is 0 Å². The van der Waals surface area contributed by atoms with E-state index >= 15 is 0 Å². The molecule has 0 aromatic heterocycles. The summed E-state index contributed by atoms with van der Waals surface area (Å²) in [5, 5.41) is 0. The highest BCUT2D eigenvalue weighted by Crippen LogP contribution is 2.19. The third kappa shape index (κ3) is 6.83. The van der Waals surface area contributed by atoms with Crippen molar-refractivity contribution in [2.24, 2.45) is 5.92 Å². The lowest BCUT2D eigenvalue weighted by atomic mass is 10.00. The van der Waals surface area contributed by atoms with Crippen LogP contribution in [0.4, 0.5) is 0 Å². The number of rotatable bonds is 9. The molecule has 0 bridgehead atoms. The zero-order valence-corrected chi connectivity index (χ0v) is 12.6. The fourth-order valence-corrected chi connectivity index (χ4v) is 3.53. The van der Waals surface area contributed by atoms with Crippen molar-refractivity contribution in [3.8, 4) is 0 Å². The molecule has 98 valence electrons. The van der Waals surface area contributed by atoms with Crippen LogP contribution in [-0.4, -0.2) is 39.3 Å². The molecule has 0 aliphatic carbocycles. The second-order valence-corrected chi connectivity index (χ2v) is 6.86. The molecule has 0 aromatic carbocycles. The van der Waals surface area contributed by atoms with Gasteiger partial charge in [-0.1, -0.05) is 42.6 Å². The van der Waals surface area contributed by atoms with E-state index in [1.165, 1.54) is 7.11 Å². The van der Waals surface area contributed by atoms with Crippen LogP contribution < -0.4 is 4.72 Å². The Morgan fingerprint density at radius 1 is 1.31 bits per heavy atom. The minimum atomic E-state index is -3.19. The molecule has 6 heteroatoms. The molecule has 0 aliphatic heterocycles. The van der Waals surface area contributed by atoms with Crippen molar-refractivity contribution in [1.82, 2.24) is 4.72 Å². The summed E-state index contributed by atoms with van der Waals surface area (Å²) in [6.45, 7) is 4.90. The summed E-state index contributed by atoms with van der Waals surface area (Å²) in [4.78, 5) is 0.194. The van der Waals surface area contributed by atoms with Crippen molar-refractivity contribution in [3.05, 3.63) is 0 Å². The van der Waals surface area contributed by atoms with E-state index in [-0.39, 0.29) is 17.2 Å². The molecule has 0 fully saturated rings. The van der Waals surface area contributed by atoms with E-state index < -0.39 is 10.0 Å². The maximum Gasteiger partial charge on any atom is 0.213 e. The van der Waals surface area contributed by atoms with Crippen molar-refractivity contribution in [1.29, 1.82) is 0 Å². The van der Waals surface area contributed by atoms with Gasteiger partial charge in [0.25, 0.3) is 0 Å². The molecule has 0 heterocycles. The van der Waals surface area contributed by atoms with Gasteiger partial charge in [0.15, 0.2) is 0 Å². The molecule has 1 atom stereocenters. The highest BCUT2D eigenvalue weighted by Gasteiger charge is 2.18. The number of sulfonamides is 1. The summed E-state index contributed by atoms with van der Waals surface area (Å²) in [6, 6.07) is 0. The Morgan fingerprint density at radius 2 is 1.88 bits per heavy atom. The van der Waals surface area contributed by atoms with Gasteiger partial charge in [-0.05, 0) is 5.92 Å². The molecule has 1 N–H and O–H groups in total. The van der Waals surface area contributed by atoms with Crippen LogP contribution in [0.25, 0.3) is 0 Å².